The van der Waals surface area contributed by atoms with Crippen LogP contribution in [0.25, 0.3) is 0 Å². The zero-order chi connectivity index (χ0) is 12.7. The Labute approximate surface area is 103 Å². The average Bonchev–Trinajstić information content (AvgIpc) is 2.77. The molecule has 0 aromatic heterocycles. The van der Waals surface area contributed by atoms with Crippen LogP contribution in [-0.2, 0) is 4.74 Å². The molecule has 1 aromatic carbocycles. The molecule has 3 rings (SSSR count). The minimum Gasteiger partial charge on any atom is -0.508 e. The van der Waals surface area contributed by atoms with Crippen LogP contribution >= 0.6 is 0 Å². The van der Waals surface area contributed by atoms with E-state index in [0.717, 1.165) is 6.42 Å². The second-order valence-electron chi connectivity index (χ2n) is 4.65. The predicted octanol–water partition coefficient (Wildman–Crippen LogP) is 1.51. The van der Waals surface area contributed by atoms with Crippen molar-refractivity contribution in [1.29, 1.82) is 0 Å². The van der Waals surface area contributed by atoms with Gasteiger partial charge in [0.15, 0.2) is 0 Å². The van der Waals surface area contributed by atoms with Gasteiger partial charge in [-0.05, 0) is 24.6 Å². The summed E-state index contributed by atoms with van der Waals surface area (Å²) in [5.41, 5.74) is 0.707. The summed E-state index contributed by atoms with van der Waals surface area (Å²) in [6.07, 6.45) is 0.352. The van der Waals surface area contributed by atoms with Gasteiger partial charge in [0.05, 0.1) is 12.5 Å². The summed E-state index contributed by atoms with van der Waals surface area (Å²) in [6, 6.07) is 4.70. The van der Waals surface area contributed by atoms with Crippen molar-refractivity contribution in [2.75, 3.05) is 13.2 Å². The Morgan fingerprint density at radius 3 is 3.11 bits per heavy atom. The number of nitrogens with zero attached hydrogens (tertiary/aromatic N) is 1. The summed E-state index contributed by atoms with van der Waals surface area (Å²) in [7, 11) is 0. The first-order chi connectivity index (χ1) is 8.65. The topological polar surface area (TPSA) is 81.8 Å². The quantitative estimate of drug-likeness (QED) is 0.636. The van der Waals surface area contributed by atoms with Gasteiger partial charge in [-0.15, -0.1) is 0 Å². The lowest BCUT2D eigenvalue weighted by Gasteiger charge is -2.32. The van der Waals surface area contributed by atoms with Crippen molar-refractivity contribution in [3.05, 3.63) is 33.9 Å². The molecule has 3 atom stereocenters. The Morgan fingerprint density at radius 1 is 1.50 bits per heavy atom. The van der Waals surface area contributed by atoms with E-state index in [4.69, 9.17) is 9.47 Å². The Balaban J connectivity index is 2.02. The smallest absolute Gasteiger partial charge is 0.211 e. The number of phenolic OH excluding ortho intramolecular Hbond substituents is 1. The molecule has 0 saturated carbocycles. The summed E-state index contributed by atoms with van der Waals surface area (Å²) in [4.78, 5) is 10.5. The summed E-state index contributed by atoms with van der Waals surface area (Å²) in [6.45, 7) is 0.397. The molecular weight excluding hydrogens is 238 g/mol. The minimum atomic E-state index is -0.396. The van der Waals surface area contributed by atoms with Gasteiger partial charge in [-0.25, -0.2) is 0 Å². The van der Waals surface area contributed by atoms with Gasteiger partial charge in [0.25, 0.3) is 0 Å². The van der Waals surface area contributed by atoms with Gasteiger partial charge in [-0.2, -0.15) is 0 Å². The summed E-state index contributed by atoms with van der Waals surface area (Å²) in [5, 5.41) is 20.3. The molecule has 0 amide bonds. The maximum Gasteiger partial charge on any atom is 0.211 e. The largest absolute Gasteiger partial charge is 0.508 e. The predicted molar refractivity (Wildman–Crippen MR) is 61.2 cm³/mol. The van der Waals surface area contributed by atoms with Crippen molar-refractivity contribution in [3.63, 3.8) is 0 Å². The highest BCUT2D eigenvalue weighted by Gasteiger charge is 2.44. The molecule has 1 saturated heterocycles. The number of phenols is 1. The van der Waals surface area contributed by atoms with Gasteiger partial charge in [-0.1, -0.05) is 0 Å². The monoisotopic (exact) mass is 251 g/mol. The number of hydrogen-bond acceptors (Lipinski definition) is 5. The standard InChI is InChI=1S/C12H13NO5/c14-7-1-2-11-9(5-7)10(6-13(15)16)8-3-4-17-12(8)18-11/h1-2,5,8,10,12,14H,3-4,6H2/t8-,10+,12+/m0/s1. The number of aromatic hydroxyl groups is 1. The van der Waals surface area contributed by atoms with E-state index in [2.05, 4.69) is 0 Å². The molecule has 6 nitrogen and oxygen atoms in total. The molecule has 0 aliphatic carbocycles. The second kappa shape index (κ2) is 4.13. The fourth-order valence-electron chi connectivity index (χ4n) is 2.78. The first-order valence-corrected chi connectivity index (χ1v) is 5.88. The van der Waals surface area contributed by atoms with E-state index in [0.29, 0.717) is 17.9 Å². The van der Waals surface area contributed by atoms with Crippen LogP contribution in [0.5, 0.6) is 11.5 Å². The fourth-order valence-corrected chi connectivity index (χ4v) is 2.78. The summed E-state index contributed by atoms with van der Waals surface area (Å²) >= 11 is 0. The van der Waals surface area contributed by atoms with Gasteiger partial charge >= 0.3 is 0 Å². The number of hydrogen-bond donors (Lipinski definition) is 1. The molecule has 0 unspecified atom stereocenters. The van der Waals surface area contributed by atoms with Crippen molar-refractivity contribution in [2.45, 2.75) is 18.6 Å². The number of ether oxygens (including phenoxy) is 2. The molecule has 2 aliphatic rings. The van der Waals surface area contributed by atoms with Crippen LogP contribution in [0.15, 0.2) is 18.2 Å². The Kier molecular flexibility index (Phi) is 2.59. The van der Waals surface area contributed by atoms with Crippen LogP contribution in [0.1, 0.15) is 17.9 Å². The summed E-state index contributed by atoms with van der Waals surface area (Å²) < 4.78 is 11.1. The zero-order valence-electron chi connectivity index (χ0n) is 9.61. The molecule has 0 spiro atoms. The van der Waals surface area contributed by atoms with Crippen molar-refractivity contribution in [1.82, 2.24) is 0 Å². The maximum absolute atomic E-state index is 10.8. The van der Waals surface area contributed by atoms with E-state index in [1.165, 1.54) is 6.07 Å². The number of nitro groups is 1. The SMILES string of the molecule is O=[N+]([O-])C[C@H]1c2cc(O)ccc2O[C@H]2OCC[C@H]21. The second-order valence-corrected chi connectivity index (χ2v) is 4.65. The van der Waals surface area contributed by atoms with Gasteiger partial charge in [0.2, 0.25) is 12.8 Å². The van der Waals surface area contributed by atoms with Crippen molar-refractivity contribution in [2.24, 2.45) is 5.92 Å². The van der Waals surface area contributed by atoms with E-state index < -0.39 is 6.29 Å². The van der Waals surface area contributed by atoms with Crippen molar-refractivity contribution >= 4 is 0 Å². The molecule has 18 heavy (non-hydrogen) atoms. The highest BCUT2D eigenvalue weighted by atomic mass is 16.7. The lowest BCUT2D eigenvalue weighted by Crippen LogP contribution is -2.35. The highest BCUT2D eigenvalue weighted by molar-refractivity contribution is 5.44. The van der Waals surface area contributed by atoms with Gasteiger partial charge in [0, 0.05) is 16.4 Å². The average molecular weight is 251 g/mol. The van der Waals surface area contributed by atoms with Crippen LogP contribution in [0.3, 0.4) is 0 Å². The van der Waals surface area contributed by atoms with Gasteiger partial charge in [-0.3, -0.25) is 10.1 Å². The Morgan fingerprint density at radius 2 is 2.33 bits per heavy atom. The van der Waals surface area contributed by atoms with Crippen LogP contribution in [0.2, 0.25) is 0 Å². The number of fused-ring (bicyclic) bond motifs is 2. The lowest BCUT2D eigenvalue weighted by molar-refractivity contribution is -0.485. The molecule has 2 heterocycles. The summed E-state index contributed by atoms with van der Waals surface area (Å²) in [5.74, 6) is 0.402. The van der Waals surface area contributed by atoms with E-state index in [1.54, 1.807) is 12.1 Å². The van der Waals surface area contributed by atoms with E-state index in [-0.39, 0.29) is 29.1 Å². The molecule has 1 aromatic rings. The number of benzene rings is 1. The maximum atomic E-state index is 10.8. The molecular formula is C12H13NO5. The van der Waals surface area contributed by atoms with Crippen molar-refractivity contribution < 1.29 is 19.5 Å². The van der Waals surface area contributed by atoms with Crippen molar-refractivity contribution in [3.8, 4) is 11.5 Å². The van der Waals surface area contributed by atoms with Gasteiger partial charge in [0.1, 0.15) is 11.5 Å². The third kappa shape index (κ3) is 1.78. The van der Waals surface area contributed by atoms with E-state index in [9.17, 15) is 15.2 Å². The molecule has 2 aliphatic heterocycles. The molecule has 6 heteroatoms. The highest BCUT2D eigenvalue weighted by Crippen LogP contribution is 2.45. The molecule has 0 radical (unpaired) electrons. The molecule has 0 bridgehead atoms. The fraction of sp³-hybridized carbons (Fsp3) is 0.500. The van der Waals surface area contributed by atoms with E-state index in [1.807, 2.05) is 0 Å². The molecule has 96 valence electrons. The number of rotatable bonds is 2. The van der Waals surface area contributed by atoms with Crippen LogP contribution in [-0.4, -0.2) is 29.5 Å². The molecule has 1 fully saturated rings. The third-order valence-corrected chi connectivity index (χ3v) is 3.58. The van der Waals surface area contributed by atoms with Crippen LogP contribution in [0, 0.1) is 16.0 Å². The Hall–Kier alpha value is -1.82. The van der Waals surface area contributed by atoms with E-state index >= 15 is 0 Å². The first kappa shape index (κ1) is 11.3. The normalized spacial score (nSPS) is 29.2. The first-order valence-electron chi connectivity index (χ1n) is 5.88. The Bertz CT molecular complexity index is 489. The van der Waals surface area contributed by atoms with Crippen LogP contribution < -0.4 is 4.74 Å². The van der Waals surface area contributed by atoms with Crippen LogP contribution in [0.4, 0.5) is 0 Å². The van der Waals surface area contributed by atoms with Gasteiger partial charge < -0.3 is 14.6 Å². The lowest BCUT2D eigenvalue weighted by atomic mass is 9.82. The zero-order valence-corrected chi connectivity index (χ0v) is 9.61. The third-order valence-electron chi connectivity index (χ3n) is 3.58. The minimum absolute atomic E-state index is 0.00954. The molecule has 1 N–H and O–H groups in total.